The molecule has 1 N–H and O–H groups in total. The summed E-state index contributed by atoms with van der Waals surface area (Å²) in [6, 6.07) is -0.169. The molecule has 0 bridgehead atoms. The third-order valence-electron chi connectivity index (χ3n) is 4.14. The van der Waals surface area contributed by atoms with Crippen molar-refractivity contribution in [1.29, 1.82) is 0 Å². The summed E-state index contributed by atoms with van der Waals surface area (Å²) >= 11 is 0. The molecule has 1 saturated carbocycles. The Labute approximate surface area is 125 Å². The third kappa shape index (κ3) is 3.94. The topological polar surface area (TPSA) is 95.0 Å². The number of hydrogen-bond acceptors (Lipinski definition) is 4. The molecule has 1 amide bonds. The van der Waals surface area contributed by atoms with E-state index >= 15 is 0 Å². The molecule has 0 aromatic rings. The van der Waals surface area contributed by atoms with Gasteiger partial charge in [-0.1, -0.05) is 0 Å². The zero-order valence-corrected chi connectivity index (χ0v) is 13.0. The van der Waals surface area contributed by atoms with Gasteiger partial charge in [-0.15, -0.1) is 0 Å². The van der Waals surface area contributed by atoms with Crippen molar-refractivity contribution in [1.82, 2.24) is 9.21 Å². The van der Waals surface area contributed by atoms with Crippen LogP contribution in [0.5, 0.6) is 0 Å². The Morgan fingerprint density at radius 2 is 1.76 bits per heavy atom. The highest BCUT2D eigenvalue weighted by atomic mass is 32.2. The second-order valence-corrected chi connectivity index (χ2v) is 7.92. The first-order valence-electron chi connectivity index (χ1n) is 7.35. The second kappa shape index (κ2) is 6.31. The highest BCUT2D eigenvalue weighted by Crippen LogP contribution is 2.33. The molecule has 1 heterocycles. The van der Waals surface area contributed by atoms with E-state index < -0.39 is 16.0 Å². The molecule has 0 spiro atoms. The minimum absolute atomic E-state index is 0.0262. The number of carbonyl (C=O) groups is 2. The summed E-state index contributed by atoms with van der Waals surface area (Å²) in [6.45, 7) is 2.03. The van der Waals surface area contributed by atoms with Crippen LogP contribution < -0.4 is 0 Å². The van der Waals surface area contributed by atoms with E-state index in [0.717, 1.165) is 12.8 Å². The number of amides is 1. The number of nitrogens with zero attached hydrogens (tertiary/aromatic N) is 2. The number of hydrogen-bond donors (Lipinski definition) is 1. The van der Waals surface area contributed by atoms with Crippen molar-refractivity contribution in [3.8, 4) is 0 Å². The van der Waals surface area contributed by atoms with E-state index in [0.29, 0.717) is 25.9 Å². The molecule has 0 unspecified atom stereocenters. The molecular formula is C13H22N2O5S. The predicted molar refractivity (Wildman–Crippen MR) is 76.1 cm³/mol. The Balaban J connectivity index is 2.00. The van der Waals surface area contributed by atoms with Gasteiger partial charge in [0, 0.05) is 25.0 Å². The molecule has 8 heteroatoms. The van der Waals surface area contributed by atoms with Crippen LogP contribution in [0.15, 0.2) is 0 Å². The van der Waals surface area contributed by atoms with Gasteiger partial charge in [-0.2, -0.15) is 0 Å². The molecule has 2 aliphatic rings. The molecule has 1 aliphatic heterocycles. The van der Waals surface area contributed by atoms with Gasteiger partial charge in [0.25, 0.3) is 0 Å². The van der Waals surface area contributed by atoms with Crippen LogP contribution >= 0.6 is 0 Å². The second-order valence-electron chi connectivity index (χ2n) is 5.66. The number of rotatable bonds is 6. The van der Waals surface area contributed by atoms with Gasteiger partial charge in [0.05, 0.1) is 5.75 Å². The molecule has 2 rings (SSSR count). The first-order valence-corrected chi connectivity index (χ1v) is 8.96. The zero-order chi connectivity index (χ0) is 15.6. The lowest BCUT2D eigenvalue weighted by Crippen LogP contribution is -2.50. The number of sulfonamides is 1. The van der Waals surface area contributed by atoms with Crippen molar-refractivity contribution in [3.05, 3.63) is 0 Å². The van der Waals surface area contributed by atoms with E-state index in [1.54, 1.807) is 6.92 Å². The monoisotopic (exact) mass is 318 g/mol. The van der Waals surface area contributed by atoms with Crippen LogP contribution in [-0.2, 0) is 19.6 Å². The fourth-order valence-corrected chi connectivity index (χ4v) is 3.84. The summed E-state index contributed by atoms with van der Waals surface area (Å²) in [6.07, 6.45) is 2.67. The third-order valence-corrected chi connectivity index (χ3v) is 6.02. The van der Waals surface area contributed by atoms with Crippen LogP contribution in [0.4, 0.5) is 0 Å². The Hall–Kier alpha value is -1.15. The van der Waals surface area contributed by atoms with Crippen LogP contribution in [-0.4, -0.2) is 66.0 Å². The van der Waals surface area contributed by atoms with E-state index in [1.807, 2.05) is 0 Å². The molecular weight excluding hydrogens is 296 g/mol. The van der Waals surface area contributed by atoms with Crippen molar-refractivity contribution in [2.75, 3.05) is 25.4 Å². The smallest absolute Gasteiger partial charge is 0.323 e. The van der Waals surface area contributed by atoms with Crippen molar-refractivity contribution in [2.24, 2.45) is 5.92 Å². The van der Waals surface area contributed by atoms with Gasteiger partial charge in [0.2, 0.25) is 15.9 Å². The van der Waals surface area contributed by atoms with Gasteiger partial charge in [0.1, 0.15) is 6.54 Å². The number of carboxylic acid groups (broad SMARTS) is 1. The summed E-state index contributed by atoms with van der Waals surface area (Å²) in [7, 11) is -3.20. The lowest BCUT2D eigenvalue weighted by Gasteiger charge is -2.37. The molecule has 0 aromatic carbocycles. The molecule has 0 aromatic heterocycles. The highest BCUT2D eigenvalue weighted by Gasteiger charge is 2.39. The summed E-state index contributed by atoms with van der Waals surface area (Å²) in [4.78, 5) is 24.6. The Bertz CT molecular complexity index is 507. The molecule has 21 heavy (non-hydrogen) atoms. The molecule has 7 nitrogen and oxygen atoms in total. The van der Waals surface area contributed by atoms with Crippen molar-refractivity contribution in [3.63, 3.8) is 0 Å². The predicted octanol–water partition coefficient (Wildman–Crippen LogP) is 0.124. The first kappa shape index (κ1) is 16.2. The maximum Gasteiger partial charge on any atom is 0.323 e. The number of aliphatic carboxylic acids is 1. The van der Waals surface area contributed by atoms with Gasteiger partial charge in [-0.3, -0.25) is 9.59 Å². The van der Waals surface area contributed by atoms with Crippen LogP contribution in [0.3, 0.4) is 0 Å². The Kier molecular flexibility index (Phi) is 4.88. The lowest BCUT2D eigenvalue weighted by molar-refractivity contribution is -0.147. The largest absolute Gasteiger partial charge is 0.480 e. The van der Waals surface area contributed by atoms with Gasteiger partial charge < -0.3 is 10.0 Å². The number of carbonyl (C=O) groups excluding carboxylic acids is 1. The van der Waals surface area contributed by atoms with Crippen molar-refractivity contribution in [2.45, 2.75) is 38.6 Å². The Morgan fingerprint density at radius 1 is 1.19 bits per heavy atom. The van der Waals surface area contributed by atoms with Gasteiger partial charge in [0.15, 0.2) is 0 Å². The minimum atomic E-state index is -3.20. The summed E-state index contributed by atoms with van der Waals surface area (Å²) in [5.41, 5.74) is 0. The van der Waals surface area contributed by atoms with E-state index in [1.165, 1.54) is 9.21 Å². The summed E-state index contributed by atoms with van der Waals surface area (Å²) in [5.74, 6) is -1.07. The molecule has 120 valence electrons. The first-order chi connectivity index (χ1) is 9.85. The fourth-order valence-electron chi connectivity index (χ4n) is 2.71. The Morgan fingerprint density at radius 3 is 2.19 bits per heavy atom. The molecule has 0 atom stereocenters. The minimum Gasteiger partial charge on any atom is -0.480 e. The average molecular weight is 318 g/mol. The fraction of sp³-hybridized carbons (Fsp3) is 0.846. The van der Waals surface area contributed by atoms with E-state index in [9.17, 15) is 18.0 Å². The van der Waals surface area contributed by atoms with Crippen LogP contribution in [0.1, 0.15) is 32.6 Å². The van der Waals surface area contributed by atoms with E-state index in [-0.39, 0.29) is 30.2 Å². The molecule has 1 aliphatic carbocycles. The average Bonchev–Trinajstić information content (AvgIpc) is 3.28. The summed E-state index contributed by atoms with van der Waals surface area (Å²) in [5, 5.41) is 8.98. The lowest BCUT2D eigenvalue weighted by atomic mass is 10.0. The van der Waals surface area contributed by atoms with Crippen LogP contribution in [0, 0.1) is 5.92 Å². The summed E-state index contributed by atoms with van der Waals surface area (Å²) < 4.78 is 25.1. The maximum absolute atomic E-state index is 12.2. The zero-order valence-electron chi connectivity index (χ0n) is 12.2. The van der Waals surface area contributed by atoms with Crippen molar-refractivity contribution >= 4 is 21.9 Å². The highest BCUT2D eigenvalue weighted by molar-refractivity contribution is 7.89. The van der Waals surface area contributed by atoms with Gasteiger partial charge in [-0.05, 0) is 32.6 Å². The molecule has 1 saturated heterocycles. The standard InChI is InChI=1S/C13H22N2O5S/c1-2-21(19,20)14-7-5-11(6-8-14)15(9-12(16)17)13(18)10-3-4-10/h10-11H,2-9H2,1H3,(H,16,17). The molecule has 0 radical (unpaired) electrons. The molecule has 2 fully saturated rings. The van der Waals surface area contributed by atoms with Crippen LogP contribution in [0.25, 0.3) is 0 Å². The normalized spacial score (nSPS) is 21.2. The maximum atomic E-state index is 12.2. The number of piperidine rings is 1. The number of carboxylic acids is 1. The SMILES string of the molecule is CCS(=O)(=O)N1CCC(N(CC(=O)O)C(=O)C2CC2)CC1. The van der Waals surface area contributed by atoms with Gasteiger partial charge in [-0.25, -0.2) is 12.7 Å². The van der Waals surface area contributed by atoms with Crippen molar-refractivity contribution < 1.29 is 23.1 Å². The quantitative estimate of drug-likeness (QED) is 0.751. The van der Waals surface area contributed by atoms with E-state index in [4.69, 9.17) is 5.11 Å². The van der Waals surface area contributed by atoms with Crippen LogP contribution in [0.2, 0.25) is 0 Å². The van der Waals surface area contributed by atoms with Gasteiger partial charge >= 0.3 is 5.97 Å². The van der Waals surface area contributed by atoms with E-state index in [2.05, 4.69) is 0 Å².